The van der Waals surface area contributed by atoms with Crippen LogP contribution in [0.5, 0.6) is 0 Å². The van der Waals surface area contributed by atoms with E-state index in [0.29, 0.717) is 10.0 Å². The molecule has 0 aliphatic carbocycles. The molecule has 118 valence electrons. The number of hydrogen-bond acceptors (Lipinski definition) is 2. The molecule has 2 amide bonds. The van der Waals surface area contributed by atoms with Gasteiger partial charge in [-0.2, -0.15) is 0 Å². The van der Waals surface area contributed by atoms with Crippen molar-refractivity contribution in [3.8, 4) is 0 Å². The molecule has 2 unspecified atom stereocenters. The van der Waals surface area contributed by atoms with Crippen molar-refractivity contribution in [2.24, 2.45) is 0 Å². The molecule has 22 heavy (non-hydrogen) atoms. The minimum Gasteiger partial charge on any atom is -0.467 e. The Labute approximate surface area is 140 Å². The summed E-state index contributed by atoms with van der Waals surface area (Å²) in [4.78, 5) is 13.9. The van der Waals surface area contributed by atoms with E-state index in [1.807, 2.05) is 26.0 Å². The molecule has 2 aromatic rings. The number of hydrogen-bond donors (Lipinski definition) is 1. The lowest BCUT2D eigenvalue weighted by Crippen LogP contribution is -2.39. The van der Waals surface area contributed by atoms with Crippen molar-refractivity contribution in [3.05, 3.63) is 58.0 Å². The highest BCUT2D eigenvalue weighted by atomic mass is 35.5. The van der Waals surface area contributed by atoms with Gasteiger partial charge in [-0.1, -0.05) is 29.3 Å². The van der Waals surface area contributed by atoms with E-state index in [1.165, 1.54) is 0 Å². The Balaban J connectivity index is 2.02. The van der Waals surface area contributed by atoms with Crippen LogP contribution in [0.4, 0.5) is 4.79 Å². The molecule has 2 atom stereocenters. The van der Waals surface area contributed by atoms with Gasteiger partial charge in [0, 0.05) is 7.05 Å². The Kier molecular flexibility index (Phi) is 5.37. The number of carbonyl (C=O) groups excluding carboxylic acids is 1. The molecular weight excluding hydrogens is 323 g/mol. The van der Waals surface area contributed by atoms with Crippen LogP contribution in [-0.4, -0.2) is 18.0 Å². The summed E-state index contributed by atoms with van der Waals surface area (Å²) in [6.45, 7) is 3.80. The van der Waals surface area contributed by atoms with Crippen LogP contribution in [0.2, 0.25) is 10.0 Å². The average Bonchev–Trinajstić information content (AvgIpc) is 3.02. The minimum absolute atomic E-state index is 0.156. The van der Waals surface area contributed by atoms with Crippen LogP contribution in [-0.2, 0) is 0 Å². The van der Waals surface area contributed by atoms with Gasteiger partial charge in [-0.05, 0) is 43.7 Å². The highest BCUT2D eigenvalue weighted by Gasteiger charge is 2.21. The predicted molar refractivity (Wildman–Crippen MR) is 88.3 cm³/mol. The van der Waals surface area contributed by atoms with Crippen LogP contribution in [0.25, 0.3) is 0 Å². The smallest absolute Gasteiger partial charge is 0.318 e. The third-order valence-electron chi connectivity index (χ3n) is 3.64. The van der Waals surface area contributed by atoms with Crippen LogP contribution in [0.1, 0.15) is 37.3 Å². The maximum Gasteiger partial charge on any atom is 0.318 e. The second kappa shape index (κ2) is 7.07. The first-order valence-electron chi connectivity index (χ1n) is 6.92. The molecular formula is C16H18Cl2N2O2. The van der Waals surface area contributed by atoms with Crippen molar-refractivity contribution in [1.29, 1.82) is 0 Å². The lowest BCUT2D eigenvalue weighted by Gasteiger charge is -2.26. The topological polar surface area (TPSA) is 45.5 Å². The lowest BCUT2D eigenvalue weighted by atomic mass is 10.1. The molecule has 0 aliphatic rings. The molecule has 1 heterocycles. The number of nitrogens with zero attached hydrogens (tertiary/aromatic N) is 1. The molecule has 0 saturated carbocycles. The number of furan rings is 1. The Hall–Kier alpha value is -1.65. The number of rotatable bonds is 4. The molecule has 1 aromatic heterocycles. The summed E-state index contributed by atoms with van der Waals surface area (Å²) in [7, 11) is 1.73. The van der Waals surface area contributed by atoms with E-state index in [0.717, 1.165) is 11.3 Å². The molecule has 2 rings (SSSR count). The third kappa shape index (κ3) is 3.76. The largest absolute Gasteiger partial charge is 0.467 e. The molecule has 0 bridgehead atoms. The highest BCUT2D eigenvalue weighted by molar-refractivity contribution is 6.42. The molecule has 0 aliphatic heterocycles. The first kappa shape index (κ1) is 16.7. The first-order chi connectivity index (χ1) is 10.4. The van der Waals surface area contributed by atoms with Crippen molar-refractivity contribution in [1.82, 2.24) is 10.2 Å². The SMILES string of the molecule is CC(NC(=O)N(C)C(C)c1ccco1)c1ccc(Cl)c(Cl)c1. The minimum atomic E-state index is -0.192. The molecule has 6 heteroatoms. The molecule has 0 fully saturated rings. The maximum atomic E-state index is 12.3. The fraction of sp³-hybridized carbons (Fsp3) is 0.312. The zero-order valence-corrected chi connectivity index (χ0v) is 14.2. The summed E-state index contributed by atoms with van der Waals surface area (Å²) in [5.74, 6) is 0.736. The van der Waals surface area contributed by atoms with Crippen LogP contribution >= 0.6 is 23.2 Å². The van der Waals surface area contributed by atoms with Crippen LogP contribution in [0.15, 0.2) is 41.0 Å². The van der Waals surface area contributed by atoms with E-state index in [4.69, 9.17) is 27.6 Å². The second-order valence-corrected chi connectivity index (χ2v) is 5.96. The van der Waals surface area contributed by atoms with E-state index in [1.54, 1.807) is 36.4 Å². The van der Waals surface area contributed by atoms with Crippen molar-refractivity contribution in [2.75, 3.05) is 7.05 Å². The van der Waals surface area contributed by atoms with Gasteiger partial charge in [0.15, 0.2) is 0 Å². The summed E-state index contributed by atoms with van der Waals surface area (Å²) in [5.41, 5.74) is 0.891. The summed E-state index contributed by atoms with van der Waals surface area (Å²) in [6, 6.07) is 8.43. The van der Waals surface area contributed by atoms with E-state index in [-0.39, 0.29) is 18.1 Å². The van der Waals surface area contributed by atoms with Gasteiger partial charge in [0.05, 0.1) is 28.4 Å². The normalized spacial score (nSPS) is 13.5. The number of halogens is 2. The van der Waals surface area contributed by atoms with E-state index in [9.17, 15) is 4.79 Å². The standard InChI is InChI=1S/C16H18Cl2N2O2/c1-10(12-6-7-13(17)14(18)9-12)19-16(21)20(3)11(2)15-5-4-8-22-15/h4-11H,1-3H3,(H,19,21). The molecule has 0 radical (unpaired) electrons. The Morgan fingerprint density at radius 1 is 1.23 bits per heavy atom. The van der Waals surface area contributed by atoms with Gasteiger partial charge in [0.1, 0.15) is 5.76 Å². The zero-order chi connectivity index (χ0) is 16.3. The molecule has 4 nitrogen and oxygen atoms in total. The maximum absolute atomic E-state index is 12.3. The highest BCUT2D eigenvalue weighted by Crippen LogP contribution is 2.26. The third-order valence-corrected chi connectivity index (χ3v) is 4.38. The molecule has 1 N–H and O–H groups in total. The Morgan fingerprint density at radius 3 is 2.55 bits per heavy atom. The van der Waals surface area contributed by atoms with Gasteiger partial charge in [0.25, 0.3) is 0 Å². The van der Waals surface area contributed by atoms with Gasteiger partial charge in [-0.25, -0.2) is 4.79 Å². The second-order valence-electron chi connectivity index (χ2n) is 5.15. The van der Waals surface area contributed by atoms with Gasteiger partial charge in [-0.15, -0.1) is 0 Å². The van der Waals surface area contributed by atoms with Crippen molar-refractivity contribution in [3.63, 3.8) is 0 Å². The number of benzene rings is 1. The molecule has 0 saturated heterocycles. The predicted octanol–water partition coefficient (Wildman–Crippen LogP) is 5.05. The van der Waals surface area contributed by atoms with E-state index >= 15 is 0 Å². The quantitative estimate of drug-likeness (QED) is 0.846. The van der Waals surface area contributed by atoms with E-state index < -0.39 is 0 Å². The molecule has 0 spiro atoms. The fourth-order valence-corrected chi connectivity index (χ4v) is 2.35. The Bertz CT molecular complexity index is 644. The van der Waals surface area contributed by atoms with Crippen LogP contribution < -0.4 is 5.32 Å². The van der Waals surface area contributed by atoms with Crippen molar-refractivity contribution in [2.45, 2.75) is 25.9 Å². The van der Waals surface area contributed by atoms with Crippen molar-refractivity contribution < 1.29 is 9.21 Å². The lowest BCUT2D eigenvalue weighted by molar-refractivity contribution is 0.184. The number of amides is 2. The summed E-state index contributed by atoms with van der Waals surface area (Å²) < 4.78 is 5.33. The van der Waals surface area contributed by atoms with Gasteiger partial charge in [-0.3, -0.25) is 0 Å². The Morgan fingerprint density at radius 2 is 1.95 bits per heavy atom. The van der Waals surface area contributed by atoms with Crippen LogP contribution in [0, 0.1) is 0 Å². The zero-order valence-electron chi connectivity index (χ0n) is 12.6. The van der Waals surface area contributed by atoms with E-state index in [2.05, 4.69) is 5.32 Å². The number of nitrogens with one attached hydrogen (secondary N) is 1. The summed E-state index contributed by atoms with van der Waals surface area (Å²) in [6.07, 6.45) is 1.59. The number of carbonyl (C=O) groups is 1. The monoisotopic (exact) mass is 340 g/mol. The van der Waals surface area contributed by atoms with Crippen molar-refractivity contribution >= 4 is 29.2 Å². The fourth-order valence-electron chi connectivity index (χ4n) is 2.05. The average molecular weight is 341 g/mol. The summed E-state index contributed by atoms with van der Waals surface area (Å²) >= 11 is 11.9. The number of urea groups is 1. The van der Waals surface area contributed by atoms with Crippen LogP contribution in [0.3, 0.4) is 0 Å². The van der Waals surface area contributed by atoms with Gasteiger partial charge >= 0.3 is 6.03 Å². The first-order valence-corrected chi connectivity index (χ1v) is 7.67. The molecule has 1 aromatic carbocycles. The summed E-state index contributed by atoms with van der Waals surface area (Å²) in [5, 5.41) is 3.89. The van der Waals surface area contributed by atoms with Gasteiger partial charge < -0.3 is 14.6 Å². The van der Waals surface area contributed by atoms with Gasteiger partial charge in [0.2, 0.25) is 0 Å².